The molecule has 1 aliphatic carbocycles. The first-order chi connectivity index (χ1) is 15.6. The number of aromatic nitrogens is 4. The van der Waals surface area contributed by atoms with Crippen molar-refractivity contribution >= 4 is 41.3 Å². The molecule has 1 atom stereocenters. The molecule has 0 unspecified atom stereocenters. The summed E-state index contributed by atoms with van der Waals surface area (Å²) in [5, 5.41) is 7.91. The van der Waals surface area contributed by atoms with Crippen molar-refractivity contribution in [1.29, 1.82) is 0 Å². The number of halogens is 4. The standard InChI is InChI=1S/C22H18ClF3N6O/c1-22(2)16-18(27)28-21(30-19(16)29-20(22)33)32-15-6-3-9(23)7-11(15)14(31-32)8-10-12(24)4-5-13(25)17(10)26/h4-7,9H,3,8H2,1-2H3,(H3,27,28,29,30,33)/t9-/m1/s1. The number of carbonyl (C=O) groups is 1. The van der Waals surface area contributed by atoms with Gasteiger partial charge in [-0.1, -0.05) is 12.2 Å². The summed E-state index contributed by atoms with van der Waals surface area (Å²) in [6.45, 7) is 3.43. The normalized spacial score (nSPS) is 18.2. The topological polar surface area (TPSA) is 98.7 Å². The van der Waals surface area contributed by atoms with Gasteiger partial charge in [0.1, 0.15) is 17.5 Å². The first kappa shape index (κ1) is 21.4. The number of nitrogens with zero attached hydrogens (tertiary/aromatic N) is 4. The minimum absolute atomic E-state index is 0.0737. The Morgan fingerprint density at radius 3 is 2.73 bits per heavy atom. The van der Waals surface area contributed by atoms with E-state index in [1.165, 1.54) is 4.68 Å². The zero-order valence-corrected chi connectivity index (χ0v) is 18.3. The van der Waals surface area contributed by atoms with Crippen molar-refractivity contribution in [3.05, 3.63) is 57.0 Å². The molecule has 7 nitrogen and oxygen atoms in total. The molecule has 3 N–H and O–H groups in total. The van der Waals surface area contributed by atoms with Gasteiger partial charge in [0.2, 0.25) is 5.91 Å². The Labute approximate surface area is 190 Å². The summed E-state index contributed by atoms with van der Waals surface area (Å²) in [7, 11) is 0. The number of amides is 1. The first-order valence-corrected chi connectivity index (χ1v) is 10.6. The summed E-state index contributed by atoms with van der Waals surface area (Å²) in [5.41, 5.74) is 5.57. The molecule has 2 aliphatic rings. The smallest absolute Gasteiger partial charge is 0.255 e. The van der Waals surface area contributed by atoms with E-state index < -0.39 is 28.4 Å². The van der Waals surface area contributed by atoms with E-state index in [9.17, 15) is 18.0 Å². The van der Waals surface area contributed by atoms with Crippen LogP contribution in [0.1, 0.15) is 37.1 Å². The fourth-order valence-electron chi connectivity index (χ4n) is 4.17. The maximum atomic E-state index is 14.3. The van der Waals surface area contributed by atoms with Gasteiger partial charge in [0.25, 0.3) is 5.95 Å². The SMILES string of the molecule is CC1(C)C(=O)Nc2nc(-n3nc(Cc4c(F)ccc(F)c4F)c4c3=CC[C@@H](Cl)C=4)nc(N)c21. The van der Waals surface area contributed by atoms with Crippen molar-refractivity contribution in [2.45, 2.75) is 37.5 Å². The molecular formula is C22H18ClF3N6O. The molecule has 0 spiro atoms. The molecule has 2 aromatic heterocycles. The Hall–Kier alpha value is -3.40. The second-order valence-corrected chi connectivity index (χ2v) is 9.05. The number of nitrogen functional groups attached to an aromatic ring is 1. The number of carbonyl (C=O) groups excluding carboxylic acids is 1. The van der Waals surface area contributed by atoms with Gasteiger partial charge < -0.3 is 11.1 Å². The number of fused-ring (bicyclic) bond motifs is 2. The van der Waals surface area contributed by atoms with Crippen molar-refractivity contribution in [3.8, 4) is 5.95 Å². The Morgan fingerprint density at radius 1 is 1.24 bits per heavy atom. The van der Waals surface area contributed by atoms with E-state index in [0.717, 1.165) is 12.1 Å². The highest BCUT2D eigenvalue weighted by molar-refractivity contribution is 6.24. The molecule has 11 heteroatoms. The lowest BCUT2D eigenvalue weighted by Gasteiger charge is -2.16. The molecule has 3 heterocycles. The van der Waals surface area contributed by atoms with E-state index in [1.807, 2.05) is 0 Å². The van der Waals surface area contributed by atoms with E-state index in [-0.39, 0.29) is 41.0 Å². The molecular weight excluding hydrogens is 457 g/mol. The van der Waals surface area contributed by atoms with E-state index >= 15 is 0 Å². The molecule has 33 heavy (non-hydrogen) atoms. The highest BCUT2D eigenvalue weighted by Crippen LogP contribution is 2.39. The third-order valence-corrected chi connectivity index (χ3v) is 6.25. The van der Waals surface area contributed by atoms with Crippen LogP contribution in [0.4, 0.5) is 24.8 Å². The summed E-state index contributed by atoms with van der Waals surface area (Å²) in [5.74, 6) is -3.12. The molecule has 1 aromatic carbocycles. The summed E-state index contributed by atoms with van der Waals surface area (Å²) in [6.07, 6.45) is 3.68. The Balaban J connectivity index is 1.69. The summed E-state index contributed by atoms with van der Waals surface area (Å²) in [6, 6.07) is 1.60. The molecule has 0 radical (unpaired) electrons. The van der Waals surface area contributed by atoms with Gasteiger partial charge in [0, 0.05) is 17.2 Å². The average Bonchev–Trinajstić information content (AvgIpc) is 3.22. The number of rotatable bonds is 3. The van der Waals surface area contributed by atoms with Crippen molar-refractivity contribution in [3.63, 3.8) is 0 Å². The molecule has 0 saturated carbocycles. The zero-order chi connectivity index (χ0) is 23.7. The van der Waals surface area contributed by atoms with Crippen molar-refractivity contribution in [1.82, 2.24) is 19.7 Å². The maximum absolute atomic E-state index is 14.3. The number of benzene rings is 1. The zero-order valence-electron chi connectivity index (χ0n) is 17.6. The summed E-state index contributed by atoms with van der Waals surface area (Å²) < 4.78 is 43.7. The molecule has 0 bridgehead atoms. The van der Waals surface area contributed by atoms with Gasteiger partial charge in [-0.2, -0.15) is 19.7 Å². The molecule has 5 rings (SSSR count). The fraction of sp³-hybridized carbons (Fsp3) is 0.273. The van der Waals surface area contributed by atoms with E-state index in [0.29, 0.717) is 22.6 Å². The van der Waals surface area contributed by atoms with Crippen molar-refractivity contribution in [2.24, 2.45) is 0 Å². The van der Waals surface area contributed by atoms with Gasteiger partial charge in [-0.3, -0.25) is 4.79 Å². The van der Waals surface area contributed by atoms with Crippen molar-refractivity contribution in [2.75, 3.05) is 11.1 Å². The lowest BCUT2D eigenvalue weighted by atomic mass is 9.87. The van der Waals surface area contributed by atoms with Crippen LogP contribution in [0.25, 0.3) is 18.1 Å². The number of nitrogens with one attached hydrogen (secondary N) is 1. The second-order valence-electron chi connectivity index (χ2n) is 8.49. The monoisotopic (exact) mass is 474 g/mol. The highest BCUT2D eigenvalue weighted by atomic mass is 35.5. The van der Waals surface area contributed by atoms with E-state index in [1.54, 1.807) is 26.0 Å². The largest absolute Gasteiger partial charge is 0.383 e. The predicted molar refractivity (Wildman–Crippen MR) is 117 cm³/mol. The molecule has 0 fully saturated rings. The molecule has 1 aliphatic heterocycles. The third kappa shape index (κ3) is 3.28. The summed E-state index contributed by atoms with van der Waals surface area (Å²) in [4.78, 5) is 21.1. The van der Waals surface area contributed by atoms with Crippen molar-refractivity contribution < 1.29 is 18.0 Å². The van der Waals surface area contributed by atoms with Gasteiger partial charge >= 0.3 is 0 Å². The molecule has 1 amide bonds. The van der Waals surface area contributed by atoms with Crippen LogP contribution in [0.5, 0.6) is 0 Å². The van der Waals surface area contributed by atoms with Crippen LogP contribution >= 0.6 is 11.6 Å². The molecule has 170 valence electrons. The van der Waals surface area contributed by atoms with Gasteiger partial charge in [-0.25, -0.2) is 13.2 Å². The van der Waals surface area contributed by atoms with Crippen LogP contribution in [0.2, 0.25) is 0 Å². The van der Waals surface area contributed by atoms with E-state index in [2.05, 4.69) is 20.4 Å². The number of alkyl halides is 1. The lowest BCUT2D eigenvalue weighted by Crippen LogP contribution is -2.34. The predicted octanol–water partition coefficient (Wildman–Crippen LogP) is 2.05. The lowest BCUT2D eigenvalue weighted by molar-refractivity contribution is -0.119. The maximum Gasteiger partial charge on any atom is 0.255 e. The number of anilines is 2. The van der Waals surface area contributed by atoms with Crippen LogP contribution in [-0.2, 0) is 16.6 Å². The van der Waals surface area contributed by atoms with Crippen LogP contribution in [0.15, 0.2) is 12.1 Å². The van der Waals surface area contributed by atoms with E-state index in [4.69, 9.17) is 17.3 Å². The highest BCUT2D eigenvalue weighted by Gasteiger charge is 2.42. The number of hydrogen-bond donors (Lipinski definition) is 2. The fourth-order valence-corrected chi connectivity index (χ4v) is 4.38. The Bertz CT molecular complexity index is 1470. The van der Waals surface area contributed by atoms with Crippen LogP contribution < -0.4 is 21.6 Å². The minimum atomic E-state index is -1.27. The summed E-state index contributed by atoms with van der Waals surface area (Å²) >= 11 is 6.28. The second kappa shape index (κ2) is 7.31. The minimum Gasteiger partial charge on any atom is -0.383 e. The van der Waals surface area contributed by atoms with Crippen LogP contribution in [-0.4, -0.2) is 31.0 Å². The van der Waals surface area contributed by atoms with Gasteiger partial charge in [0.15, 0.2) is 11.6 Å². The third-order valence-electron chi connectivity index (χ3n) is 5.94. The molecule has 0 saturated heterocycles. The quantitative estimate of drug-likeness (QED) is 0.447. The van der Waals surface area contributed by atoms with Gasteiger partial charge in [0.05, 0.1) is 27.4 Å². The number of nitrogens with two attached hydrogens (primary N) is 1. The average molecular weight is 475 g/mol. The Morgan fingerprint density at radius 2 is 1.97 bits per heavy atom. The number of hydrogen-bond acceptors (Lipinski definition) is 5. The van der Waals surface area contributed by atoms with Crippen LogP contribution in [0.3, 0.4) is 0 Å². The van der Waals surface area contributed by atoms with Gasteiger partial charge in [-0.05, 0) is 32.4 Å². The molecule has 3 aromatic rings. The van der Waals surface area contributed by atoms with Gasteiger partial charge in [-0.15, -0.1) is 11.6 Å². The first-order valence-electron chi connectivity index (χ1n) is 10.1. The van der Waals surface area contributed by atoms with Crippen LogP contribution in [0, 0.1) is 17.5 Å². The Kier molecular flexibility index (Phi) is 4.75.